The molecule has 0 aromatic carbocycles. The second-order valence-corrected chi connectivity index (χ2v) is 7.08. The molecule has 2 atom stereocenters. The monoisotopic (exact) mass is 335 g/mol. The Morgan fingerprint density at radius 3 is 2.67 bits per heavy atom. The molecular weight excluding hydrogens is 306 g/mol. The van der Waals surface area contributed by atoms with Gasteiger partial charge in [-0.1, -0.05) is 13.8 Å². The molecule has 2 fully saturated rings. The minimum absolute atomic E-state index is 0.195. The summed E-state index contributed by atoms with van der Waals surface area (Å²) < 4.78 is 5.65. The Hall–Kier alpha value is -1.47. The smallest absolute Gasteiger partial charge is 0.230 e. The largest absolute Gasteiger partial charge is 0.424 e. The fourth-order valence-electron chi connectivity index (χ4n) is 3.92. The lowest BCUT2D eigenvalue weighted by Gasteiger charge is -2.30. The van der Waals surface area contributed by atoms with Crippen molar-refractivity contribution in [2.45, 2.75) is 46.2 Å². The highest BCUT2D eigenvalue weighted by Gasteiger charge is 2.35. The normalized spacial score (nSPS) is 26.7. The van der Waals surface area contributed by atoms with Gasteiger partial charge in [0, 0.05) is 58.7 Å². The van der Waals surface area contributed by atoms with E-state index in [2.05, 4.69) is 26.9 Å². The highest BCUT2D eigenvalue weighted by Crippen LogP contribution is 2.24. The molecule has 1 aromatic heterocycles. The van der Waals surface area contributed by atoms with Crippen molar-refractivity contribution in [2.75, 3.05) is 39.3 Å². The number of aromatic nitrogens is 2. The Balaban J connectivity index is 1.56. The van der Waals surface area contributed by atoms with Crippen LogP contribution in [0.5, 0.6) is 0 Å². The van der Waals surface area contributed by atoms with E-state index >= 15 is 0 Å². The van der Waals surface area contributed by atoms with Gasteiger partial charge in [-0.05, 0) is 12.3 Å². The Bertz CT molecular complexity index is 561. The summed E-state index contributed by atoms with van der Waals surface area (Å²) in [5.41, 5.74) is 0. The molecular formula is C17H29N5O2. The van der Waals surface area contributed by atoms with Crippen molar-refractivity contribution in [3.63, 3.8) is 0 Å². The molecule has 7 nitrogen and oxygen atoms in total. The first-order valence-corrected chi connectivity index (χ1v) is 9.10. The van der Waals surface area contributed by atoms with Crippen molar-refractivity contribution in [1.29, 1.82) is 0 Å². The average molecular weight is 335 g/mol. The van der Waals surface area contributed by atoms with Crippen molar-refractivity contribution < 1.29 is 9.21 Å². The van der Waals surface area contributed by atoms with E-state index in [0.29, 0.717) is 17.9 Å². The predicted octanol–water partition coefficient (Wildman–Crippen LogP) is 1.01. The zero-order valence-corrected chi connectivity index (χ0v) is 15.1. The zero-order chi connectivity index (χ0) is 17.1. The number of rotatable bonds is 4. The summed E-state index contributed by atoms with van der Waals surface area (Å²) in [5.74, 6) is 2.24. The van der Waals surface area contributed by atoms with Gasteiger partial charge in [0.05, 0.1) is 6.54 Å². The number of hydrogen-bond acceptors (Lipinski definition) is 6. The van der Waals surface area contributed by atoms with Gasteiger partial charge < -0.3 is 9.32 Å². The Morgan fingerprint density at radius 2 is 1.96 bits per heavy atom. The zero-order valence-electron chi connectivity index (χ0n) is 15.1. The summed E-state index contributed by atoms with van der Waals surface area (Å²) in [6.07, 6.45) is 1.85. The van der Waals surface area contributed by atoms with E-state index in [1.54, 1.807) is 6.92 Å². The lowest BCUT2D eigenvalue weighted by molar-refractivity contribution is -0.128. The molecule has 0 N–H and O–H groups in total. The molecule has 3 heterocycles. The van der Waals surface area contributed by atoms with E-state index in [-0.39, 0.29) is 5.91 Å². The molecule has 0 saturated carbocycles. The minimum Gasteiger partial charge on any atom is -0.424 e. The van der Waals surface area contributed by atoms with Crippen molar-refractivity contribution in [3.05, 3.63) is 11.8 Å². The Kier molecular flexibility index (Phi) is 5.50. The van der Waals surface area contributed by atoms with Gasteiger partial charge in [-0.15, -0.1) is 10.2 Å². The molecule has 0 radical (unpaired) electrons. The third-order valence-corrected chi connectivity index (χ3v) is 5.26. The summed E-state index contributed by atoms with van der Waals surface area (Å²) in [4.78, 5) is 18.6. The van der Waals surface area contributed by atoms with Crippen LogP contribution in [0.15, 0.2) is 4.42 Å². The quantitative estimate of drug-likeness (QED) is 0.818. The van der Waals surface area contributed by atoms with Crippen molar-refractivity contribution >= 4 is 5.91 Å². The molecule has 0 aliphatic carbocycles. The molecule has 0 spiro atoms. The van der Waals surface area contributed by atoms with Gasteiger partial charge in [-0.3, -0.25) is 14.6 Å². The molecule has 7 heteroatoms. The maximum Gasteiger partial charge on any atom is 0.230 e. The van der Waals surface area contributed by atoms with E-state index in [1.165, 1.54) is 0 Å². The number of carbonyl (C=O) groups excluding carboxylic acids is 1. The first-order chi connectivity index (χ1) is 11.6. The molecule has 1 amide bonds. The molecule has 0 bridgehead atoms. The van der Waals surface area contributed by atoms with E-state index < -0.39 is 0 Å². The second kappa shape index (κ2) is 7.61. The van der Waals surface area contributed by atoms with Gasteiger partial charge >= 0.3 is 0 Å². The highest BCUT2D eigenvalue weighted by molar-refractivity contribution is 5.73. The molecule has 2 aliphatic heterocycles. The first kappa shape index (κ1) is 17.4. The number of aryl methyl sites for hydroxylation is 1. The average Bonchev–Trinajstić information content (AvgIpc) is 3.06. The van der Waals surface area contributed by atoms with E-state index in [1.807, 2.05) is 11.8 Å². The third-order valence-electron chi connectivity index (χ3n) is 5.26. The maximum absolute atomic E-state index is 11.6. The van der Waals surface area contributed by atoms with Gasteiger partial charge in [-0.2, -0.15) is 0 Å². The van der Waals surface area contributed by atoms with Gasteiger partial charge in [-0.25, -0.2) is 0 Å². The topological polar surface area (TPSA) is 65.7 Å². The predicted molar refractivity (Wildman–Crippen MR) is 90.3 cm³/mol. The summed E-state index contributed by atoms with van der Waals surface area (Å²) in [5, 5.41) is 8.19. The summed E-state index contributed by atoms with van der Waals surface area (Å²) >= 11 is 0. The van der Waals surface area contributed by atoms with Crippen LogP contribution in [0.4, 0.5) is 0 Å². The number of carbonyl (C=O) groups is 1. The van der Waals surface area contributed by atoms with Gasteiger partial charge in [0.15, 0.2) is 0 Å². The van der Waals surface area contributed by atoms with Crippen LogP contribution in [0.25, 0.3) is 0 Å². The summed E-state index contributed by atoms with van der Waals surface area (Å²) in [6.45, 7) is 12.6. The number of likely N-dealkylation sites (tertiary alicyclic amines) is 1. The third kappa shape index (κ3) is 3.95. The van der Waals surface area contributed by atoms with Crippen molar-refractivity contribution in [2.24, 2.45) is 5.92 Å². The molecule has 2 aliphatic rings. The summed E-state index contributed by atoms with van der Waals surface area (Å²) in [7, 11) is 0. The van der Waals surface area contributed by atoms with E-state index in [0.717, 1.165) is 64.5 Å². The second-order valence-electron chi connectivity index (χ2n) is 7.08. The van der Waals surface area contributed by atoms with Crippen LogP contribution in [0.1, 0.15) is 39.0 Å². The van der Waals surface area contributed by atoms with Crippen LogP contribution in [-0.2, 0) is 17.8 Å². The van der Waals surface area contributed by atoms with Crippen LogP contribution >= 0.6 is 0 Å². The fourth-order valence-corrected chi connectivity index (χ4v) is 3.92. The fraction of sp³-hybridized carbons (Fsp3) is 0.824. The molecule has 3 rings (SSSR count). The highest BCUT2D eigenvalue weighted by atomic mass is 16.4. The standard InChI is InChI=1S/C17H29N5O2/c1-4-16-18-19-17(24-16)12-20-10-13(2)15(11-20)22-7-5-6-21(8-9-22)14(3)23/h13,15H,4-12H2,1-3H3. The number of nitrogens with zero attached hydrogens (tertiary/aromatic N) is 5. The van der Waals surface area contributed by atoms with Gasteiger partial charge in [0.1, 0.15) is 0 Å². The van der Waals surface area contributed by atoms with Crippen LogP contribution in [0.3, 0.4) is 0 Å². The van der Waals surface area contributed by atoms with Crippen LogP contribution in [0.2, 0.25) is 0 Å². The molecule has 2 saturated heterocycles. The number of amides is 1. The Morgan fingerprint density at radius 1 is 1.17 bits per heavy atom. The molecule has 2 unspecified atom stereocenters. The lowest BCUT2D eigenvalue weighted by Crippen LogP contribution is -2.42. The van der Waals surface area contributed by atoms with E-state index in [9.17, 15) is 4.79 Å². The van der Waals surface area contributed by atoms with Crippen LogP contribution in [0, 0.1) is 5.92 Å². The number of hydrogen-bond donors (Lipinski definition) is 0. The Labute approximate surface area is 144 Å². The van der Waals surface area contributed by atoms with Gasteiger partial charge in [0.2, 0.25) is 17.7 Å². The molecule has 24 heavy (non-hydrogen) atoms. The van der Waals surface area contributed by atoms with Crippen LogP contribution < -0.4 is 0 Å². The maximum atomic E-state index is 11.6. The first-order valence-electron chi connectivity index (χ1n) is 9.10. The van der Waals surface area contributed by atoms with Crippen LogP contribution in [-0.4, -0.2) is 76.1 Å². The van der Waals surface area contributed by atoms with E-state index in [4.69, 9.17) is 4.42 Å². The van der Waals surface area contributed by atoms with Gasteiger partial charge in [0.25, 0.3) is 0 Å². The van der Waals surface area contributed by atoms with Crippen molar-refractivity contribution in [3.8, 4) is 0 Å². The lowest BCUT2D eigenvalue weighted by atomic mass is 10.0. The summed E-state index contributed by atoms with van der Waals surface area (Å²) in [6, 6.07) is 0.547. The minimum atomic E-state index is 0.195. The SMILES string of the molecule is CCc1nnc(CN2CC(C)C(N3CCCN(C(C)=O)CC3)C2)o1. The van der Waals surface area contributed by atoms with Crippen molar-refractivity contribution in [1.82, 2.24) is 24.9 Å². The molecule has 134 valence electrons. The molecule has 1 aromatic rings.